The van der Waals surface area contributed by atoms with Crippen LogP contribution in [0.15, 0.2) is 10.6 Å². The van der Waals surface area contributed by atoms with Gasteiger partial charge in [0.25, 0.3) is 5.89 Å². The topological polar surface area (TPSA) is 100 Å². The third-order valence-electron chi connectivity index (χ3n) is 5.08. The molecule has 8 nitrogen and oxygen atoms in total. The Morgan fingerprint density at radius 2 is 1.96 bits per heavy atom. The van der Waals surface area contributed by atoms with Gasteiger partial charge in [-0.1, -0.05) is 32.9 Å². The molecule has 2 aromatic rings. The van der Waals surface area contributed by atoms with Crippen LogP contribution in [0.5, 0.6) is 0 Å². The summed E-state index contributed by atoms with van der Waals surface area (Å²) in [6, 6.07) is 1.93. The Morgan fingerprint density at radius 1 is 1.29 bits per heavy atom. The molecule has 0 radical (unpaired) electrons. The highest BCUT2D eigenvalue weighted by Gasteiger charge is 2.27. The van der Waals surface area contributed by atoms with Crippen molar-refractivity contribution in [2.24, 2.45) is 13.0 Å². The Bertz CT molecular complexity index is 905. The molecule has 0 spiro atoms. The van der Waals surface area contributed by atoms with Gasteiger partial charge in [-0.3, -0.25) is 4.68 Å². The number of hydrogen-bond donors (Lipinski definition) is 0. The van der Waals surface area contributed by atoms with Gasteiger partial charge in [0, 0.05) is 31.6 Å². The number of aromatic nitrogens is 4. The number of rotatable bonds is 6. The molecule has 0 amide bonds. The summed E-state index contributed by atoms with van der Waals surface area (Å²) < 4.78 is 37.6. The van der Waals surface area contributed by atoms with Crippen LogP contribution in [-0.4, -0.2) is 53.1 Å². The van der Waals surface area contributed by atoms with E-state index in [1.165, 1.54) is 0 Å². The van der Waals surface area contributed by atoms with Gasteiger partial charge in [-0.15, -0.1) is 0 Å². The molecule has 0 saturated carbocycles. The van der Waals surface area contributed by atoms with Gasteiger partial charge in [0.05, 0.1) is 17.2 Å². The van der Waals surface area contributed by atoms with Crippen molar-refractivity contribution in [2.45, 2.75) is 51.9 Å². The predicted octanol–water partition coefficient (Wildman–Crippen LogP) is 2.71. The molecule has 9 heteroatoms. The van der Waals surface area contributed by atoms with Crippen LogP contribution in [0.3, 0.4) is 0 Å². The zero-order valence-corrected chi connectivity index (χ0v) is 18.1. The van der Waals surface area contributed by atoms with Crippen molar-refractivity contribution in [2.75, 3.05) is 24.7 Å². The first kappa shape index (κ1) is 21.0. The van der Waals surface area contributed by atoms with Gasteiger partial charge in [-0.2, -0.15) is 10.1 Å². The minimum Gasteiger partial charge on any atom is -0.381 e. The highest BCUT2D eigenvalue weighted by molar-refractivity contribution is 7.91. The monoisotopic (exact) mass is 410 g/mol. The SMILES string of the molecule is CC(CS(=O)(=O)CC1CCOCC1)c1noc(-c2cc(C(C)(C)C)nn2C)n1. The van der Waals surface area contributed by atoms with Crippen LogP contribution in [-0.2, 0) is 27.0 Å². The number of sulfone groups is 1. The highest BCUT2D eigenvalue weighted by atomic mass is 32.2. The Morgan fingerprint density at radius 3 is 2.57 bits per heavy atom. The molecule has 0 bridgehead atoms. The lowest BCUT2D eigenvalue weighted by Crippen LogP contribution is -2.26. The third kappa shape index (κ3) is 5.00. The molecule has 1 aliphatic rings. The molecule has 0 aromatic carbocycles. The van der Waals surface area contributed by atoms with E-state index >= 15 is 0 Å². The summed E-state index contributed by atoms with van der Waals surface area (Å²) in [5, 5.41) is 8.54. The normalized spacial score (nSPS) is 17.8. The molecular formula is C19H30N4O4S. The van der Waals surface area contributed by atoms with Crippen molar-refractivity contribution < 1.29 is 17.7 Å². The first-order valence-electron chi connectivity index (χ1n) is 9.72. The van der Waals surface area contributed by atoms with Crippen molar-refractivity contribution in [1.29, 1.82) is 0 Å². The van der Waals surface area contributed by atoms with Gasteiger partial charge < -0.3 is 9.26 Å². The Hall–Kier alpha value is -1.74. The Balaban J connectivity index is 1.70. The summed E-state index contributed by atoms with van der Waals surface area (Å²) in [5.74, 6) is 0.817. The molecule has 3 heterocycles. The van der Waals surface area contributed by atoms with Gasteiger partial charge in [0.2, 0.25) is 0 Å². The number of ether oxygens (including phenoxy) is 1. The van der Waals surface area contributed by atoms with E-state index in [4.69, 9.17) is 9.26 Å². The van der Waals surface area contributed by atoms with E-state index in [1.54, 1.807) is 4.68 Å². The first-order valence-corrected chi connectivity index (χ1v) is 11.5. The fourth-order valence-electron chi connectivity index (χ4n) is 3.37. The molecule has 156 valence electrons. The van der Waals surface area contributed by atoms with Crippen LogP contribution in [0.1, 0.15) is 58.0 Å². The van der Waals surface area contributed by atoms with E-state index in [2.05, 4.69) is 36.0 Å². The van der Waals surface area contributed by atoms with Crippen molar-refractivity contribution in [3.8, 4) is 11.6 Å². The van der Waals surface area contributed by atoms with Gasteiger partial charge in [-0.25, -0.2) is 8.42 Å². The number of aryl methyl sites for hydroxylation is 1. The second-order valence-corrected chi connectivity index (χ2v) is 10.9. The molecule has 0 aliphatic carbocycles. The molecule has 1 saturated heterocycles. The fraction of sp³-hybridized carbons (Fsp3) is 0.737. The lowest BCUT2D eigenvalue weighted by atomic mass is 9.92. The van der Waals surface area contributed by atoms with Crippen LogP contribution in [0.4, 0.5) is 0 Å². The lowest BCUT2D eigenvalue weighted by molar-refractivity contribution is 0.0723. The zero-order valence-electron chi connectivity index (χ0n) is 17.3. The second kappa shape index (κ2) is 7.94. The van der Waals surface area contributed by atoms with Crippen molar-refractivity contribution in [3.63, 3.8) is 0 Å². The fourth-order valence-corrected chi connectivity index (χ4v) is 5.47. The lowest BCUT2D eigenvalue weighted by Gasteiger charge is -2.22. The molecule has 28 heavy (non-hydrogen) atoms. The van der Waals surface area contributed by atoms with Crippen LogP contribution < -0.4 is 0 Å². The Labute approximate surface area is 166 Å². The van der Waals surface area contributed by atoms with E-state index in [9.17, 15) is 8.42 Å². The second-order valence-electron chi connectivity index (χ2n) is 8.78. The maximum absolute atomic E-state index is 12.6. The van der Waals surface area contributed by atoms with E-state index in [1.807, 2.05) is 20.0 Å². The molecule has 1 unspecified atom stereocenters. The standard InChI is InChI=1S/C19H30N4O4S/c1-13(11-28(24,25)12-14-6-8-26-9-7-14)17-20-18(27-22-17)15-10-16(19(2,3)4)21-23(15)5/h10,13-14H,6-9,11-12H2,1-5H3. The van der Waals surface area contributed by atoms with Crippen LogP contribution in [0, 0.1) is 5.92 Å². The van der Waals surface area contributed by atoms with Gasteiger partial charge >= 0.3 is 0 Å². The maximum Gasteiger partial charge on any atom is 0.276 e. The highest BCUT2D eigenvalue weighted by Crippen LogP contribution is 2.27. The molecule has 3 rings (SSSR count). The van der Waals surface area contributed by atoms with E-state index in [0.717, 1.165) is 24.2 Å². The maximum atomic E-state index is 12.6. The number of nitrogens with zero attached hydrogens (tertiary/aromatic N) is 4. The van der Waals surface area contributed by atoms with Crippen molar-refractivity contribution >= 4 is 9.84 Å². The van der Waals surface area contributed by atoms with Crippen LogP contribution >= 0.6 is 0 Å². The predicted molar refractivity (Wildman–Crippen MR) is 106 cm³/mol. The van der Waals surface area contributed by atoms with E-state index < -0.39 is 9.84 Å². The van der Waals surface area contributed by atoms with Gasteiger partial charge in [0.1, 0.15) is 5.69 Å². The smallest absolute Gasteiger partial charge is 0.276 e. The summed E-state index contributed by atoms with van der Waals surface area (Å²) in [6.45, 7) is 9.37. The molecule has 1 aliphatic heterocycles. The van der Waals surface area contributed by atoms with Crippen LogP contribution in [0.25, 0.3) is 11.6 Å². The van der Waals surface area contributed by atoms with Gasteiger partial charge in [0.15, 0.2) is 15.7 Å². The minimum absolute atomic E-state index is 0.0158. The molecule has 1 fully saturated rings. The van der Waals surface area contributed by atoms with Gasteiger partial charge in [-0.05, 0) is 24.8 Å². The van der Waals surface area contributed by atoms with E-state index in [0.29, 0.717) is 24.9 Å². The first-order chi connectivity index (χ1) is 13.0. The number of hydrogen-bond acceptors (Lipinski definition) is 7. The minimum atomic E-state index is -3.20. The average molecular weight is 411 g/mol. The quantitative estimate of drug-likeness (QED) is 0.722. The summed E-state index contributed by atoms with van der Waals surface area (Å²) in [5.41, 5.74) is 1.56. The molecule has 1 atom stereocenters. The summed E-state index contributed by atoms with van der Waals surface area (Å²) in [7, 11) is -1.37. The van der Waals surface area contributed by atoms with E-state index in [-0.39, 0.29) is 28.8 Å². The summed E-state index contributed by atoms with van der Waals surface area (Å²) >= 11 is 0. The van der Waals surface area contributed by atoms with Crippen LogP contribution in [0.2, 0.25) is 0 Å². The molecule has 2 aromatic heterocycles. The average Bonchev–Trinajstić information content (AvgIpc) is 3.21. The van der Waals surface area contributed by atoms with Crippen molar-refractivity contribution in [1.82, 2.24) is 19.9 Å². The third-order valence-corrected chi connectivity index (χ3v) is 7.07. The largest absolute Gasteiger partial charge is 0.381 e. The zero-order chi connectivity index (χ0) is 20.5. The molecule has 0 N–H and O–H groups in total. The van der Waals surface area contributed by atoms with Crippen molar-refractivity contribution in [3.05, 3.63) is 17.6 Å². The summed E-state index contributed by atoms with van der Waals surface area (Å²) in [6.07, 6.45) is 1.60. The molecular weight excluding hydrogens is 380 g/mol. The summed E-state index contributed by atoms with van der Waals surface area (Å²) in [4.78, 5) is 4.44. The Kier molecular flexibility index (Phi) is 5.95.